The molecule has 1 fully saturated rings. The highest BCUT2D eigenvalue weighted by Crippen LogP contribution is 2.25. The van der Waals surface area contributed by atoms with Crippen molar-refractivity contribution in [1.82, 2.24) is 4.90 Å². The Morgan fingerprint density at radius 1 is 1.21 bits per heavy atom. The van der Waals surface area contributed by atoms with E-state index in [4.69, 9.17) is 9.47 Å². The monoisotopic (exact) mass is 327 g/mol. The third kappa shape index (κ3) is 4.26. The molecule has 0 aliphatic carbocycles. The Labute approximate surface area is 143 Å². The minimum atomic E-state index is -0.218. The molecule has 2 unspecified atom stereocenters. The fourth-order valence-electron chi connectivity index (χ4n) is 2.98. The van der Waals surface area contributed by atoms with Gasteiger partial charge in [0.1, 0.15) is 12.4 Å². The molecule has 1 saturated heterocycles. The molecular formula is C20H25NO3. The number of ether oxygens (including phenoxy) is 2. The molecule has 0 saturated carbocycles. The second-order valence-electron chi connectivity index (χ2n) is 6.91. The van der Waals surface area contributed by atoms with Gasteiger partial charge in [0.05, 0.1) is 19.6 Å². The van der Waals surface area contributed by atoms with Crippen molar-refractivity contribution in [1.29, 1.82) is 0 Å². The molecule has 0 bridgehead atoms. The van der Waals surface area contributed by atoms with Crippen LogP contribution in [0.3, 0.4) is 0 Å². The van der Waals surface area contributed by atoms with Crippen LogP contribution in [0.5, 0.6) is 5.75 Å². The summed E-state index contributed by atoms with van der Waals surface area (Å²) in [5, 5.41) is 2.23. The Kier molecular flexibility index (Phi) is 5.05. The summed E-state index contributed by atoms with van der Waals surface area (Å²) in [5.74, 6) is 1.39. The number of carbonyl (C=O) groups excluding carboxylic acids is 1. The molecule has 128 valence electrons. The molecule has 4 nitrogen and oxygen atoms in total. The zero-order valence-electron chi connectivity index (χ0n) is 14.6. The van der Waals surface area contributed by atoms with E-state index in [0.717, 1.165) is 41.8 Å². The third-order valence-electron chi connectivity index (χ3n) is 4.32. The van der Waals surface area contributed by atoms with E-state index in [1.807, 2.05) is 30.3 Å². The molecule has 1 aliphatic rings. The van der Waals surface area contributed by atoms with E-state index in [-0.39, 0.29) is 5.97 Å². The molecule has 0 N–H and O–H groups in total. The quantitative estimate of drug-likeness (QED) is 0.578. The third-order valence-corrected chi connectivity index (χ3v) is 4.32. The number of hydrogen-bond acceptors (Lipinski definition) is 4. The van der Waals surface area contributed by atoms with Gasteiger partial charge in [-0.3, -0.25) is 9.69 Å². The van der Waals surface area contributed by atoms with Gasteiger partial charge >= 0.3 is 5.97 Å². The van der Waals surface area contributed by atoms with E-state index in [1.54, 1.807) is 0 Å². The maximum Gasteiger partial charge on any atom is 0.309 e. The summed E-state index contributed by atoms with van der Waals surface area (Å²) in [6.45, 7) is 7.53. The molecule has 24 heavy (non-hydrogen) atoms. The molecule has 0 aromatic heterocycles. The van der Waals surface area contributed by atoms with Crippen molar-refractivity contribution in [2.75, 3.05) is 26.8 Å². The van der Waals surface area contributed by atoms with E-state index < -0.39 is 0 Å². The lowest BCUT2D eigenvalue weighted by Crippen LogP contribution is -2.14. The number of carbonyl (C=O) groups is 1. The lowest BCUT2D eigenvalue weighted by atomic mass is 10.0. The Bertz CT molecular complexity index is 726. The van der Waals surface area contributed by atoms with Gasteiger partial charge in [-0.15, -0.1) is 0 Å². The summed E-state index contributed by atoms with van der Waals surface area (Å²) in [6, 6.07) is 12.7. The van der Waals surface area contributed by atoms with Crippen LogP contribution < -0.4 is 4.74 Å². The molecule has 3 rings (SSSR count). The van der Waals surface area contributed by atoms with Gasteiger partial charge in [0, 0.05) is 13.1 Å². The normalized spacial score (nSPS) is 19.5. The Hall–Kier alpha value is -2.07. The van der Waals surface area contributed by atoms with Crippen LogP contribution in [0.1, 0.15) is 19.4 Å². The number of benzene rings is 2. The highest BCUT2D eigenvalue weighted by molar-refractivity contribution is 5.85. The molecule has 0 amide bonds. The Balaban J connectivity index is 1.60. The van der Waals surface area contributed by atoms with Crippen molar-refractivity contribution in [3.63, 3.8) is 0 Å². The van der Waals surface area contributed by atoms with E-state index >= 15 is 0 Å². The fraction of sp³-hybridized carbons (Fsp3) is 0.450. The maximum absolute atomic E-state index is 11.4. The lowest BCUT2D eigenvalue weighted by Gasteiger charge is -2.09. The number of rotatable bonds is 7. The summed E-state index contributed by atoms with van der Waals surface area (Å²) >= 11 is 0. The predicted molar refractivity (Wildman–Crippen MR) is 95.4 cm³/mol. The average Bonchev–Trinajstić information content (AvgIpc) is 3.29. The number of methoxy groups -OCH3 is 1. The largest absolute Gasteiger partial charge is 0.492 e. The molecule has 0 radical (unpaired) electrons. The van der Waals surface area contributed by atoms with Gasteiger partial charge in [-0.2, -0.15) is 0 Å². The Morgan fingerprint density at radius 3 is 2.71 bits per heavy atom. The first-order valence-electron chi connectivity index (χ1n) is 8.51. The first-order valence-corrected chi connectivity index (χ1v) is 8.51. The van der Waals surface area contributed by atoms with Crippen LogP contribution >= 0.6 is 0 Å². The standard InChI is InChI=1S/C20H25NO3/c1-14(2)11-21-12-18(21)13-24-19-7-6-16-8-15(9-20(22)23-3)4-5-17(16)10-19/h4-8,10,14,18H,9,11-13H2,1-3H3. The molecular weight excluding hydrogens is 302 g/mol. The summed E-state index contributed by atoms with van der Waals surface area (Å²) in [5.41, 5.74) is 0.963. The van der Waals surface area contributed by atoms with Gasteiger partial charge in [-0.25, -0.2) is 0 Å². The van der Waals surface area contributed by atoms with Crippen molar-refractivity contribution in [3.05, 3.63) is 42.0 Å². The smallest absolute Gasteiger partial charge is 0.309 e. The molecule has 1 aliphatic heterocycles. The first-order chi connectivity index (χ1) is 11.5. The highest BCUT2D eigenvalue weighted by atomic mass is 16.5. The van der Waals surface area contributed by atoms with Gasteiger partial charge < -0.3 is 9.47 Å². The topological polar surface area (TPSA) is 38.5 Å². The molecule has 2 atom stereocenters. The van der Waals surface area contributed by atoms with Crippen LogP contribution in [-0.2, 0) is 16.0 Å². The van der Waals surface area contributed by atoms with E-state index in [0.29, 0.717) is 18.4 Å². The fourth-order valence-corrected chi connectivity index (χ4v) is 2.98. The van der Waals surface area contributed by atoms with Gasteiger partial charge in [0.2, 0.25) is 0 Å². The highest BCUT2D eigenvalue weighted by Gasteiger charge is 2.34. The van der Waals surface area contributed by atoms with Crippen LogP contribution in [-0.4, -0.2) is 43.7 Å². The maximum atomic E-state index is 11.4. The van der Waals surface area contributed by atoms with E-state index in [9.17, 15) is 4.79 Å². The van der Waals surface area contributed by atoms with E-state index in [1.165, 1.54) is 7.11 Å². The zero-order chi connectivity index (χ0) is 17.1. The minimum Gasteiger partial charge on any atom is -0.492 e. The number of hydrogen-bond donors (Lipinski definition) is 0. The molecule has 0 spiro atoms. The van der Waals surface area contributed by atoms with Gasteiger partial charge in [-0.05, 0) is 34.4 Å². The number of esters is 1. The SMILES string of the molecule is COC(=O)Cc1ccc2cc(OCC3CN3CC(C)C)ccc2c1. The summed E-state index contributed by atoms with van der Waals surface area (Å²) in [6.07, 6.45) is 0.304. The number of nitrogens with zero attached hydrogens (tertiary/aromatic N) is 1. The molecule has 4 heteroatoms. The predicted octanol–water partition coefficient (Wildman–Crippen LogP) is 3.27. The summed E-state index contributed by atoms with van der Waals surface area (Å²) in [7, 11) is 1.41. The molecule has 2 aromatic rings. The summed E-state index contributed by atoms with van der Waals surface area (Å²) in [4.78, 5) is 13.8. The molecule has 1 heterocycles. The van der Waals surface area contributed by atoms with Gasteiger partial charge in [-0.1, -0.05) is 38.1 Å². The van der Waals surface area contributed by atoms with Crippen LogP contribution in [0, 0.1) is 5.92 Å². The van der Waals surface area contributed by atoms with Crippen molar-refractivity contribution in [2.24, 2.45) is 5.92 Å². The first kappa shape index (κ1) is 16.8. The van der Waals surface area contributed by atoms with Crippen molar-refractivity contribution in [2.45, 2.75) is 26.3 Å². The van der Waals surface area contributed by atoms with Crippen LogP contribution in [0.4, 0.5) is 0 Å². The van der Waals surface area contributed by atoms with Crippen LogP contribution in [0.2, 0.25) is 0 Å². The Morgan fingerprint density at radius 2 is 1.96 bits per heavy atom. The van der Waals surface area contributed by atoms with Crippen molar-refractivity contribution >= 4 is 16.7 Å². The minimum absolute atomic E-state index is 0.218. The van der Waals surface area contributed by atoms with Crippen LogP contribution in [0.25, 0.3) is 10.8 Å². The van der Waals surface area contributed by atoms with Crippen LogP contribution in [0.15, 0.2) is 36.4 Å². The van der Waals surface area contributed by atoms with Crippen molar-refractivity contribution < 1.29 is 14.3 Å². The van der Waals surface area contributed by atoms with Gasteiger partial charge in [0.25, 0.3) is 0 Å². The van der Waals surface area contributed by atoms with Gasteiger partial charge in [0.15, 0.2) is 0 Å². The second-order valence-corrected chi connectivity index (χ2v) is 6.91. The van der Waals surface area contributed by atoms with Crippen molar-refractivity contribution in [3.8, 4) is 5.75 Å². The number of fused-ring (bicyclic) bond motifs is 1. The molecule has 2 aromatic carbocycles. The summed E-state index contributed by atoms with van der Waals surface area (Å²) < 4.78 is 10.7. The second kappa shape index (κ2) is 7.22. The zero-order valence-corrected chi connectivity index (χ0v) is 14.6. The van der Waals surface area contributed by atoms with E-state index in [2.05, 4.69) is 24.8 Å². The average molecular weight is 327 g/mol. The lowest BCUT2D eigenvalue weighted by molar-refractivity contribution is -0.139.